The minimum atomic E-state index is -0.201. The van der Waals surface area contributed by atoms with Gasteiger partial charge in [0.15, 0.2) is 0 Å². The molecule has 0 aromatic heterocycles. The quantitative estimate of drug-likeness (QED) is 0.499. The molecule has 0 aliphatic carbocycles. The van der Waals surface area contributed by atoms with Crippen LogP contribution in [0, 0.1) is 0 Å². The number of carbonyl (C=O) groups excluding carboxylic acids is 1. The van der Waals surface area contributed by atoms with E-state index >= 15 is 0 Å². The van der Waals surface area contributed by atoms with Gasteiger partial charge in [-0.05, 0) is 6.42 Å². The topological polar surface area (TPSA) is 61.4 Å². The normalized spacial score (nSPS) is 9.27. The summed E-state index contributed by atoms with van der Waals surface area (Å²) in [6, 6.07) is -0.201. The fraction of sp³-hybridized carbons (Fsp3) is 0.857. The number of urea groups is 1. The van der Waals surface area contributed by atoms with Crippen LogP contribution in [0.4, 0.5) is 4.79 Å². The molecule has 0 aliphatic rings. The fourth-order valence-electron chi connectivity index (χ4n) is 0.611. The maximum absolute atomic E-state index is 10.7. The number of nitrogens with one attached hydrogen (secondary N) is 2. The van der Waals surface area contributed by atoms with E-state index in [1.54, 1.807) is 0 Å². The van der Waals surface area contributed by atoms with Crippen LogP contribution in [-0.4, -0.2) is 30.8 Å². The van der Waals surface area contributed by atoms with E-state index in [1.807, 2.05) is 0 Å². The van der Waals surface area contributed by atoms with E-state index in [-0.39, 0.29) is 12.6 Å². The molecule has 0 radical (unpaired) electrons. The second kappa shape index (κ2) is 7.34. The monoisotopic (exact) mass is 160 g/mol. The number of hydrogen-bond acceptors (Lipinski definition) is 2. The van der Waals surface area contributed by atoms with Gasteiger partial charge in [-0.2, -0.15) is 0 Å². The maximum Gasteiger partial charge on any atom is 0.314 e. The van der Waals surface area contributed by atoms with E-state index in [2.05, 4.69) is 17.6 Å². The van der Waals surface area contributed by atoms with Gasteiger partial charge in [-0.3, -0.25) is 0 Å². The third-order valence-electron chi connectivity index (χ3n) is 1.21. The molecule has 0 fully saturated rings. The molecule has 0 saturated carbocycles. The lowest BCUT2D eigenvalue weighted by Crippen LogP contribution is -2.37. The fourth-order valence-corrected chi connectivity index (χ4v) is 0.611. The van der Waals surface area contributed by atoms with Crippen molar-refractivity contribution in [1.82, 2.24) is 10.6 Å². The first-order valence-electron chi connectivity index (χ1n) is 3.93. The van der Waals surface area contributed by atoms with Gasteiger partial charge in [0, 0.05) is 13.1 Å². The number of aliphatic hydroxyl groups is 1. The summed E-state index contributed by atoms with van der Waals surface area (Å²) >= 11 is 0. The highest BCUT2D eigenvalue weighted by atomic mass is 16.3. The van der Waals surface area contributed by atoms with Gasteiger partial charge in [0.1, 0.15) is 0 Å². The van der Waals surface area contributed by atoms with Crippen molar-refractivity contribution >= 4 is 6.03 Å². The van der Waals surface area contributed by atoms with Crippen molar-refractivity contribution in [2.45, 2.75) is 19.8 Å². The van der Waals surface area contributed by atoms with Crippen molar-refractivity contribution in [3.05, 3.63) is 0 Å². The summed E-state index contributed by atoms with van der Waals surface area (Å²) in [5, 5.41) is 13.5. The van der Waals surface area contributed by atoms with Crippen LogP contribution in [-0.2, 0) is 0 Å². The first kappa shape index (κ1) is 10.2. The Morgan fingerprint density at radius 2 is 2.00 bits per heavy atom. The lowest BCUT2D eigenvalue weighted by atomic mass is 10.3. The molecule has 11 heavy (non-hydrogen) atoms. The highest BCUT2D eigenvalue weighted by Gasteiger charge is 1.95. The van der Waals surface area contributed by atoms with Crippen LogP contribution in [0.2, 0.25) is 0 Å². The first-order chi connectivity index (χ1) is 5.31. The van der Waals surface area contributed by atoms with Crippen molar-refractivity contribution in [1.29, 1.82) is 0 Å². The summed E-state index contributed by atoms with van der Waals surface area (Å²) in [7, 11) is 0. The van der Waals surface area contributed by atoms with Crippen LogP contribution in [0.15, 0.2) is 0 Å². The highest BCUT2D eigenvalue weighted by molar-refractivity contribution is 5.73. The van der Waals surface area contributed by atoms with Gasteiger partial charge in [0.05, 0.1) is 6.61 Å². The molecular weight excluding hydrogens is 144 g/mol. The third-order valence-corrected chi connectivity index (χ3v) is 1.21. The van der Waals surface area contributed by atoms with E-state index in [0.717, 1.165) is 12.8 Å². The Kier molecular flexibility index (Phi) is 6.82. The van der Waals surface area contributed by atoms with E-state index in [9.17, 15) is 4.79 Å². The first-order valence-corrected chi connectivity index (χ1v) is 3.93. The number of aliphatic hydroxyl groups excluding tert-OH is 1. The molecule has 0 aromatic rings. The van der Waals surface area contributed by atoms with Crippen molar-refractivity contribution in [3.63, 3.8) is 0 Å². The van der Waals surface area contributed by atoms with E-state index in [4.69, 9.17) is 5.11 Å². The largest absolute Gasteiger partial charge is 0.395 e. The zero-order chi connectivity index (χ0) is 8.53. The van der Waals surface area contributed by atoms with Crippen LogP contribution < -0.4 is 10.6 Å². The van der Waals surface area contributed by atoms with Crippen LogP contribution in [0.25, 0.3) is 0 Å². The average molecular weight is 160 g/mol. The van der Waals surface area contributed by atoms with Gasteiger partial charge in [-0.1, -0.05) is 13.3 Å². The summed E-state index contributed by atoms with van der Waals surface area (Å²) in [5.74, 6) is 0. The molecule has 2 amide bonds. The predicted molar refractivity (Wildman–Crippen MR) is 43.4 cm³/mol. The predicted octanol–water partition coefficient (Wildman–Crippen LogP) is 0.0780. The molecule has 66 valence electrons. The molecule has 0 atom stereocenters. The van der Waals surface area contributed by atoms with Crippen LogP contribution in [0.1, 0.15) is 19.8 Å². The third kappa shape index (κ3) is 7.12. The SMILES string of the molecule is CCCCNC(=O)NCCO. The number of amides is 2. The molecule has 0 saturated heterocycles. The molecule has 0 bridgehead atoms. The average Bonchev–Trinajstić information content (AvgIpc) is 2.01. The molecule has 0 rings (SSSR count). The molecule has 4 nitrogen and oxygen atoms in total. The van der Waals surface area contributed by atoms with E-state index < -0.39 is 0 Å². The Balaban J connectivity index is 3.09. The van der Waals surface area contributed by atoms with Crippen molar-refractivity contribution < 1.29 is 9.90 Å². The maximum atomic E-state index is 10.7. The number of rotatable bonds is 5. The Bertz CT molecular complexity index is 107. The zero-order valence-electron chi connectivity index (χ0n) is 6.89. The van der Waals surface area contributed by atoms with Crippen molar-refractivity contribution in [3.8, 4) is 0 Å². The Morgan fingerprint density at radius 1 is 1.36 bits per heavy atom. The minimum Gasteiger partial charge on any atom is -0.395 e. The smallest absolute Gasteiger partial charge is 0.314 e. The second-order valence-corrected chi connectivity index (χ2v) is 2.26. The molecule has 4 heteroatoms. The number of carbonyl (C=O) groups is 1. The molecule has 0 aliphatic heterocycles. The van der Waals surface area contributed by atoms with Gasteiger partial charge in [0.2, 0.25) is 0 Å². The number of unbranched alkanes of at least 4 members (excludes halogenated alkanes) is 1. The summed E-state index contributed by atoms with van der Waals surface area (Å²) in [5.41, 5.74) is 0. The Labute approximate surface area is 67.0 Å². The van der Waals surface area contributed by atoms with Crippen molar-refractivity contribution in [2.75, 3.05) is 19.7 Å². The number of hydrogen-bond donors (Lipinski definition) is 3. The lowest BCUT2D eigenvalue weighted by Gasteiger charge is -2.04. The summed E-state index contributed by atoms with van der Waals surface area (Å²) < 4.78 is 0. The summed E-state index contributed by atoms with van der Waals surface area (Å²) in [6.45, 7) is 3.07. The van der Waals surface area contributed by atoms with Gasteiger partial charge >= 0.3 is 6.03 Å². The summed E-state index contributed by atoms with van der Waals surface area (Å²) in [4.78, 5) is 10.7. The molecule has 0 aromatic carbocycles. The lowest BCUT2D eigenvalue weighted by molar-refractivity contribution is 0.234. The zero-order valence-corrected chi connectivity index (χ0v) is 6.89. The highest BCUT2D eigenvalue weighted by Crippen LogP contribution is 1.81. The van der Waals surface area contributed by atoms with Crippen LogP contribution in [0.3, 0.4) is 0 Å². The van der Waals surface area contributed by atoms with Gasteiger partial charge < -0.3 is 15.7 Å². The van der Waals surface area contributed by atoms with Crippen LogP contribution in [0.5, 0.6) is 0 Å². The van der Waals surface area contributed by atoms with Crippen LogP contribution >= 0.6 is 0 Å². The van der Waals surface area contributed by atoms with E-state index in [0.29, 0.717) is 13.1 Å². The van der Waals surface area contributed by atoms with E-state index in [1.165, 1.54) is 0 Å². The molecule has 0 spiro atoms. The van der Waals surface area contributed by atoms with Gasteiger partial charge in [0.25, 0.3) is 0 Å². The Hall–Kier alpha value is -0.770. The summed E-state index contributed by atoms with van der Waals surface area (Å²) in [6.07, 6.45) is 2.06. The standard InChI is InChI=1S/C7H16N2O2/c1-2-3-4-8-7(11)9-5-6-10/h10H,2-6H2,1H3,(H2,8,9,11). The van der Waals surface area contributed by atoms with Gasteiger partial charge in [-0.15, -0.1) is 0 Å². The van der Waals surface area contributed by atoms with Crippen molar-refractivity contribution in [2.24, 2.45) is 0 Å². The Morgan fingerprint density at radius 3 is 2.55 bits per heavy atom. The second-order valence-electron chi connectivity index (χ2n) is 2.26. The minimum absolute atomic E-state index is 0.0127. The van der Waals surface area contributed by atoms with Gasteiger partial charge in [-0.25, -0.2) is 4.79 Å². The molecule has 0 heterocycles. The molecule has 3 N–H and O–H groups in total. The molecular formula is C7H16N2O2. The molecule has 0 unspecified atom stereocenters.